The first-order valence-electron chi connectivity index (χ1n) is 10.8. The van der Waals surface area contributed by atoms with Gasteiger partial charge < -0.3 is 14.1 Å². The van der Waals surface area contributed by atoms with E-state index in [0.717, 1.165) is 17.0 Å². The van der Waals surface area contributed by atoms with Crippen LogP contribution in [0.5, 0.6) is 0 Å². The Hall–Kier alpha value is -3.98. The maximum atomic E-state index is 13.8. The van der Waals surface area contributed by atoms with Crippen molar-refractivity contribution in [2.24, 2.45) is 4.99 Å². The van der Waals surface area contributed by atoms with Crippen LogP contribution in [0.15, 0.2) is 80.8 Å². The number of furan rings is 1. The van der Waals surface area contributed by atoms with E-state index in [9.17, 15) is 14.4 Å². The van der Waals surface area contributed by atoms with Crippen molar-refractivity contribution in [1.82, 2.24) is 4.57 Å². The lowest BCUT2D eigenvalue weighted by Crippen LogP contribution is -2.40. The van der Waals surface area contributed by atoms with Crippen LogP contribution in [0.25, 0.3) is 5.57 Å². The number of carbonyl (C=O) groups is 2. The number of hydrogen-bond donors (Lipinski definition) is 0. The fourth-order valence-corrected chi connectivity index (χ4v) is 5.50. The summed E-state index contributed by atoms with van der Waals surface area (Å²) in [5, 5.41) is 0. The monoisotopic (exact) mass is 475 g/mol. The number of anilines is 1. The molecule has 34 heavy (non-hydrogen) atoms. The van der Waals surface area contributed by atoms with Crippen LogP contribution < -0.4 is 19.8 Å². The number of esters is 1. The van der Waals surface area contributed by atoms with E-state index in [2.05, 4.69) is 11.6 Å². The number of benzene rings is 1. The molecular formula is C25H21N3O5S. The lowest BCUT2D eigenvalue weighted by atomic mass is 10.0. The van der Waals surface area contributed by atoms with Crippen LogP contribution in [-0.2, 0) is 14.3 Å². The van der Waals surface area contributed by atoms with Crippen LogP contribution in [0.1, 0.15) is 31.2 Å². The molecule has 5 rings (SSSR count). The molecular weight excluding hydrogens is 454 g/mol. The number of carbonyl (C=O) groups excluding carboxylic acids is 2. The third kappa shape index (κ3) is 3.19. The standard InChI is InChI=1S/C25H21N3O5S/c1-4-12-27-16-10-7-6-9-15(16)19(22(27)29)21-23(30)28-20(17-11-8-13-33-17)18(24(31)32-5-2)14(3)26-25(28)34-21/h4,6-11,13,20H,1,5,12H2,2-3H3/b21-19-. The average Bonchev–Trinajstić information content (AvgIpc) is 3.52. The minimum absolute atomic E-state index is 0.180. The molecule has 2 aliphatic heterocycles. The Morgan fingerprint density at radius 2 is 2.06 bits per heavy atom. The number of thiazole rings is 1. The molecule has 1 unspecified atom stereocenters. The van der Waals surface area contributed by atoms with Gasteiger partial charge in [-0.3, -0.25) is 14.2 Å². The van der Waals surface area contributed by atoms with Gasteiger partial charge in [0, 0.05) is 12.1 Å². The Bertz CT molecular complexity index is 1540. The van der Waals surface area contributed by atoms with Crippen molar-refractivity contribution in [3.8, 4) is 0 Å². The maximum absolute atomic E-state index is 13.8. The number of fused-ring (bicyclic) bond motifs is 2. The second-order valence-electron chi connectivity index (χ2n) is 7.73. The number of allylic oxidation sites excluding steroid dienone is 1. The number of amides is 1. The summed E-state index contributed by atoms with van der Waals surface area (Å²) in [6, 6.07) is 9.88. The summed E-state index contributed by atoms with van der Waals surface area (Å²) in [6.45, 7) is 7.66. The number of rotatable bonds is 5. The minimum Gasteiger partial charge on any atom is -0.467 e. The van der Waals surface area contributed by atoms with Gasteiger partial charge in [-0.2, -0.15) is 0 Å². The van der Waals surface area contributed by atoms with Crippen molar-refractivity contribution >= 4 is 34.5 Å². The zero-order valence-electron chi connectivity index (χ0n) is 18.6. The molecule has 0 radical (unpaired) electrons. The fraction of sp³-hybridized carbons (Fsp3) is 0.200. The highest BCUT2D eigenvalue weighted by molar-refractivity contribution is 7.07. The van der Waals surface area contributed by atoms with Gasteiger partial charge in [-0.15, -0.1) is 6.58 Å². The number of ether oxygens (including phenoxy) is 1. The summed E-state index contributed by atoms with van der Waals surface area (Å²) in [5.41, 5.74) is 1.96. The molecule has 2 aliphatic rings. The molecule has 0 saturated heterocycles. The highest BCUT2D eigenvalue weighted by Gasteiger charge is 2.37. The van der Waals surface area contributed by atoms with Crippen molar-refractivity contribution in [2.75, 3.05) is 18.1 Å². The van der Waals surface area contributed by atoms with Crippen LogP contribution in [0.3, 0.4) is 0 Å². The van der Waals surface area contributed by atoms with Gasteiger partial charge in [0.1, 0.15) is 16.3 Å². The molecule has 0 spiro atoms. The summed E-state index contributed by atoms with van der Waals surface area (Å²) in [7, 11) is 0. The van der Waals surface area contributed by atoms with E-state index in [1.165, 1.54) is 10.8 Å². The van der Waals surface area contributed by atoms with E-state index in [1.54, 1.807) is 37.0 Å². The number of hydrogen-bond acceptors (Lipinski definition) is 7. The lowest BCUT2D eigenvalue weighted by molar-refractivity contribution is -0.139. The Morgan fingerprint density at radius 3 is 2.76 bits per heavy atom. The number of nitrogens with zero attached hydrogens (tertiary/aromatic N) is 3. The molecule has 9 heteroatoms. The van der Waals surface area contributed by atoms with Crippen molar-refractivity contribution in [2.45, 2.75) is 19.9 Å². The van der Waals surface area contributed by atoms with Gasteiger partial charge in [0.15, 0.2) is 4.80 Å². The van der Waals surface area contributed by atoms with E-state index in [-0.39, 0.29) is 22.6 Å². The molecule has 0 aliphatic carbocycles. The van der Waals surface area contributed by atoms with Gasteiger partial charge in [-0.25, -0.2) is 9.79 Å². The second-order valence-corrected chi connectivity index (χ2v) is 8.71. The molecule has 0 saturated carbocycles. The predicted molar refractivity (Wildman–Crippen MR) is 127 cm³/mol. The van der Waals surface area contributed by atoms with Gasteiger partial charge in [0.05, 0.1) is 35.4 Å². The van der Waals surface area contributed by atoms with E-state index in [1.807, 2.05) is 24.3 Å². The highest BCUT2D eigenvalue weighted by atomic mass is 32.1. The second kappa shape index (κ2) is 8.42. The Kier molecular flexibility index (Phi) is 5.41. The molecule has 0 fully saturated rings. The fourth-order valence-electron chi connectivity index (χ4n) is 4.37. The molecule has 3 aromatic rings. The third-order valence-corrected chi connectivity index (χ3v) is 6.82. The third-order valence-electron chi connectivity index (χ3n) is 5.77. The largest absolute Gasteiger partial charge is 0.467 e. The molecule has 8 nitrogen and oxygen atoms in total. The molecule has 0 N–H and O–H groups in total. The molecule has 4 heterocycles. The molecule has 1 aromatic carbocycles. The van der Waals surface area contributed by atoms with Crippen molar-refractivity contribution in [3.63, 3.8) is 0 Å². The Morgan fingerprint density at radius 1 is 1.26 bits per heavy atom. The zero-order valence-corrected chi connectivity index (χ0v) is 19.4. The summed E-state index contributed by atoms with van der Waals surface area (Å²) in [6.07, 6.45) is 3.13. The first-order chi connectivity index (χ1) is 16.5. The van der Waals surface area contributed by atoms with Gasteiger partial charge >= 0.3 is 5.97 Å². The summed E-state index contributed by atoms with van der Waals surface area (Å²) in [4.78, 5) is 46.6. The van der Waals surface area contributed by atoms with Crippen LogP contribution in [-0.4, -0.2) is 29.6 Å². The van der Waals surface area contributed by atoms with Gasteiger partial charge in [0.2, 0.25) is 0 Å². The summed E-state index contributed by atoms with van der Waals surface area (Å²) in [5.74, 6) is -0.439. The maximum Gasteiger partial charge on any atom is 0.338 e. The summed E-state index contributed by atoms with van der Waals surface area (Å²) >= 11 is 1.12. The Labute approximate surface area is 198 Å². The predicted octanol–water partition coefficient (Wildman–Crippen LogP) is 2.29. The van der Waals surface area contributed by atoms with E-state index >= 15 is 0 Å². The minimum atomic E-state index is -0.851. The van der Waals surface area contributed by atoms with Crippen molar-refractivity contribution < 1.29 is 18.7 Å². The van der Waals surface area contributed by atoms with Crippen LogP contribution >= 0.6 is 11.3 Å². The van der Waals surface area contributed by atoms with Gasteiger partial charge in [0.25, 0.3) is 11.5 Å². The normalized spacial score (nSPS) is 18.5. The van der Waals surface area contributed by atoms with E-state index in [0.29, 0.717) is 33.9 Å². The molecule has 2 aromatic heterocycles. The highest BCUT2D eigenvalue weighted by Crippen LogP contribution is 2.35. The topological polar surface area (TPSA) is 94.1 Å². The SMILES string of the molecule is C=CCN1C(=O)/C(=c2\sc3n(c2=O)C(c2ccco2)C(C(=O)OCC)=C(C)N=3)c2ccccc21. The van der Waals surface area contributed by atoms with E-state index in [4.69, 9.17) is 9.15 Å². The van der Waals surface area contributed by atoms with Crippen molar-refractivity contribution in [1.29, 1.82) is 0 Å². The van der Waals surface area contributed by atoms with Crippen LogP contribution in [0.4, 0.5) is 5.69 Å². The molecule has 1 amide bonds. The number of para-hydroxylation sites is 1. The van der Waals surface area contributed by atoms with Crippen LogP contribution in [0.2, 0.25) is 0 Å². The zero-order chi connectivity index (χ0) is 24.0. The first kappa shape index (κ1) is 21.8. The van der Waals surface area contributed by atoms with Crippen molar-refractivity contribution in [3.05, 3.63) is 97.6 Å². The molecule has 172 valence electrons. The Balaban J connectivity index is 1.81. The van der Waals surface area contributed by atoms with Crippen LogP contribution in [0, 0.1) is 0 Å². The first-order valence-corrected chi connectivity index (χ1v) is 11.6. The van der Waals surface area contributed by atoms with Gasteiger partial charge in [-0.05, 0) is 32.0 Å². The lowest BCUT2D eigenvalue weighted by Gasteiger charge is -2.22. The number of aromatic nitrogens is 1. The van der Waals surface area contributed by atoms with Gasteiger partial charge in [-0.1, -0.05) is 35.6 Å². The molecule has 0 bridgehead atoms. The van der Waals surface area contributed by atoms with E-state index < -0.39 is 17.6 Å². The molecule has 1 atom stereocenters. The summed E-state index contributed by atoms with van der Waals surface area (Å²) < 4.78 is 12.6. The quantitative estimate of drug-likeness (QED) is 0.417. The smallest absolute Gasteiger partial charge is 0.338 e. The average molecular weight is 476 g/mol.